The second-order valence-electron chi connectivity index (χ2n) is 4.37. The topological polar surface area (TPSA) is 42.0 Å². The van der Waals surface area contributed by atoms with Crippen LogP contribution in [0, 0.1) is 12.3 Å². The van der Waals surface area contributed by atoms with Crippen LogP contribution in [0.15, 0.2) is 18.3 Å². The Morgan fingerprint density at radius 2 is 1.39 bits per heavy atom. The van der Waals surface area contributed by atoms with Crippen molar-refractivity contribution in [3.63, 3.8) is 0 Å². The average Bonchev–Trinajstić information content (AvgIpc) is 2.26. The van der Waals surface area contributed by atoms with Gasteiger partial charge in [0.1, 0.15) is 5.82 Å². The molecule has 3 nitrogen and oxygen atoms in total. The van der Waals surface area contributed by atoms with Crippen LogP contribution >= 0.6 is 0 Å². The summed E-state index contributed by atoms with van der Waals surface area (Å²) >= 11 is 0. The van der Waals surface area contributed by atoms with Crippen molar-refractivity contribution in [3.8, 4) is 0 Å². The van der Waals surface area contributed by atoms with Crippen molar-refractivity contribution in [2.45, 2.75) is 25.5 Å². The second-order valence-corrected chi connectivity index (χ2v) is 4.37. The summed E-state index contributed by atoms with van der Waals surface area (Å²) in [6.07, 6.45) is -20.0. The third-order valence-corrected chi connectivity index (χ3v) is 2.86. The maximum Gasteiger partial charge on any atom is 0.421 e. The number of aromatic nitrogens is 1. The van der Waals surface area contributed by atoms with Gasteiger partial charge in [-0.1, -0.05) is 6.07 Å². The highest BCUT2D eigenvalue weighted by atomic mass is 19.4. The third-order valence-electron chi connectivity index (χ3n) is 2.86. The van der Waals surface area contributed by atoms with Gasteiger partial charge in [0.15, 0.2) is 0 Å². The highest BCUT2D eigenvalue weighted by Crippen LogP contribution is 2.59. The molecule has 0 spiro atoms. The first kappa shape index (κ1) is 19.0. The van der Waals surface area contributed by atoms with E-state index in [1.807, 2.05) is 0 Å². The lowest BCUT2D eigenvalue weighted by atomic mass is 9.84. The van der Waals surface area contributed by atoms with Gasteiger partial charge in [0.25, 0.3) is 5.91 Å². The second kappa shape index (κ2) is 5.57. The minimum absolute atomic E-state index is 0.124. The molecule has 0 saturated carbocycles. The van der Waals surface area contributed by atoms with Crippen LogP contribution in [-0.2, 0) is 4.79 Å². The SMILES string of the molecule is Cc1cccnc1NC(=O)C(C(F)(F)F)(C(F)(F)F)C(F)(F)F. The maximum absolute atomic E-state index is 12.7. The molecule has 1 N–H and O–H groups in total. The average molecular weight is 354 g/mol. The summed E-state index contributed by atoms with van der Waals surface area (Å²) in [5.41, 5.74) is -6.70. The fraction of sp³-hybridized carbons (Fsp3) is 0.455. The number of rotatable bonds is 2. The summed E-state index contributed by atoms with van der Waals surface area (Å²) in [6.45, 7) is 1.12. The van der Waals surface area contributed by atoms with Crippen molar-refractivity contribution in [3.05, 3.63) is 23.9 Å². The van der Waals surface area contributed by atoms with E-state index in [0.717, 1.165) is 24.5 Å². The predicted octanol–water partition coefficient (Wildman–Crippen LogP) is 4.00. The van der Waals surface area contributed by atoms with E-state index in [9.17, 15) is 44.3 Å². The lowest BCUT2D eigenvalue weighted by Gasteiger charge is -2.36. The van der Waals surface area contributed by atoms with Crippen LogP contribution in [0.4, 0.5) is 45.3 Å². The van der Waals surface area contributed by atoms with Gasteiger partial charge in [-0.05, 0) is 18.6 Å². The van der Waals surface area contributed by atoms with Crippen molar-refractivity contribution in [1.29, 1.82) is 0 Å². The van der Waals surface area contributed by atoms with Gasteiger partial charge in [-0.2, -0.15) is 39.5 Å². The minimum Gasteiger partial charge on any atom is -0.309 e. The van der Waals surface area contributed by atoms with E-state index in [2.05, 4.69) is 4.98 Å². The molecule has 0 aromatic carbocycles. The molecule has 0 unspecified atom stereocenters. The molecule has 12 heteroatoms. The highest BCUT2D eigenvalue weighted by molar-refractivity contribution is 5.97. The molecule has 0 saturated heterocycles. The Bertz CT molecular complexity index is 552. The van der Waals surface area contributed by atoms with Crippen molar-refractivity contribution in [1.82, 2.24) is 4.98 Å². The lowest BCUT2D eigenvalue weighted by molar-refractivity contribution is -0.405. The number of carbonyl (C=O) groups is 1. The Hall–Kier alpha value is -2.01. The molecule has 1 rings (SSSR count). The van der Waals surface area contributed by atoms with Crippen LogP contribution in [0.1, 0.15) is 5.56 Å². The van der Waals surface area contributed by atoms with E-state index in [-0.39, 0.29) is 5.56 Å². The van der Waals surface area contributed by atoms with Crippen molar-refractivity contribution in [2.75, 3.05) is 5.32 Å². The van der Waals surface area contributed by atoms with E-state index < -0.39 is 35.7 Å². The van der Waals surface area contributed by atoms with Crippen LogP contribution in [0.2, 0.25) is 0 Å². The van der Waals surface area contributed by atoms with E-state index in [1.54, 1.807) is 0 Å². The molecule has 23 heavy (non-hydrogen) atoms. The first-order valence-corrected chi connectivity index (χ1v) is 5.59. The molecule has 0 atom stereocenters. The molecular formula is C11H7F9N2O. The van der Waals surface area contributed by atoms with Gasteiger partial charge in [-0.25, -0.2) is 4.98 Å². The van der Waals surface area contributed by atoms with Gasteiger partial charge in [-0.15, -0.1) is 0 Å². The van der Waals surface area contributed by atoms with Crippen LogP contribution in [0.5, 0.6) is 0 Å². The van der Waals surface area contributed by atoms with E-state index in [1.165, 1.54) is 6.07 Å². The van der Waals surface area contributed by atoms with Crippen molar-refractivity contribution in [2.24, 2.45) is 5.41 Å². The number of anilines is 1. The number of hydrogen-bond donors (Lipinski definition) is 1. The van der Waals surface area contributed by atoms with Gasteiger partial charge >= 0.3 is 23.9 Å². The molecule has 0 aliphatic rings. The van der Waals surface area contributed by atoms with Crippen LogP contribution in [0.3, 0.4) is 0 Å². The lowest BCUT2D eigenvalue weighted by Crippen LogP contribution is -2.65. The number of halogens is 9. The smallest absolute Gasteiger partial charge is 0.309 e. The number of amides is 1. The number of hydrogen-bond acceptors (Lipinski definition) is 2. The molecule has 1 amide bonds. The molecule has 1 aromatic heterocycles. The van der Waals surface area contributed by atoms with Gasteiger partial charge in [-0.3, -0.25) is 4.79 Å². The predicted molar refractivity (Wildman–Crippen MR) is 58.2 cm³/mol. The van der Waals surface area contributed by atoms with E-state index in [4.69, 9.17) is 0 Å². The fourth-order valence-electron chi connectivity index (χ4n) is 1.69. The summed E-state index contributed by atoms with van der Waals surface area (Å²) in [4.78, 5) is 14.7. The summed E-state index contributed by atoms with van der Waals surface area (Å²) in [5.74, 6) is -4.17. The maximum atomic E-state index is 12.7. The van der Waals surface area contributed by atoms with Crippen LogP contribution in [-0.4, -0.2) is 29.4 Å². The third kappa shape index (κ3) is 3.06. The monoisotopic (exact) mass is 354 g/mol. The standard InChI is InChI=1S/C11H7F9N2O/c1-5-3-2-4-21-6(5)22-7(23)8(9(12,13)14,10(15,16)17)11(18,19)20/h2-4H,1H3,(H,21,22,23). The molecule has 0 aliphatic heterocycles. The zero-order valence-corrected chi connectivity index (χ0v) is 11.0. The Morgan fingerprint density at radius 1 is 0.957 bits per heavy atom. The van der Waals surface area contributed by atoms with Crippen LogP contribution < -0.4 is 5.32 Å². The Morgan fingerprint density at radius 3 is 1.74 bits per heavy atom. The number of pyridine rings is 1. The molecule has 0 fully saturated rings. The van der Waals surface area contributed by atoms with Crippen LogP contribution in [0.25, 0.3) is 0 Å². The Labute approximate surface area is 122 Å². The van der Waals surface area contributed by atoms with Crippen molar-refractivity contribution >= 4 is 11.7 Å². The first-order valence-electron chi connectivity index (χ1n) is 5.59. The summed E-state index contributed by atoms with van der Waals surface area (Å²) in [6, 6.07) is 2.34. The van der Waals surface area contributed by atoms with Gasteiger partial charge in [0, 0.05) is 6.20 Å². The summed E-state index contributed by atoms with van der Waals surface area (Å²) in [5, 5.41) is 0.961. The van der Waals surface area contributed by atoms with Gasteiger partial charge in [0.2, 0.25) is 0 Å². The molecule has 0 bridgehead atoms. The zero-order valence-electron chi connectivity index (χ0n) is 11.0. The number of nitrogens with one attached hydrogen (secondary N) is 1. The largest absolute Gasteiger partial charge is 0.421 e. The van der Waals surface area contributed by atoms with E-state index >= 15 is 0 Å². The molecule has 0 aliphatic carbocycles. The van der Waals surface area contributed by atoms with Gasteiger partial charge < -0.3 is 5.32 Å². The first-order chi connectivity index (χ1) is 10.2. The number of nitrogens with zero attached hydrogens (tertiary/aromatic N) is 1. The number of carbonyl (C=O) groups excluding carboxylic acids is 1. The normalized spacial score (nSPS) is 13.8. The molecule has 0 radical (unpaired) electrons. The molecule has 1 aromatic rings. The summed E-state index contributed by atoms with van der Waals surface area (Å²) < 4.78 is 114. The fourth-order valence-corrected chi connectivity index (χ4v) is 1.69. The Balaban J connectivity index is 3.53. The minimum atomic E-state index is -6.96. The van der Waals surface area contributed by atoms with E-state index in [0.29, 0.717) is 0 Å². The zero-order chi connectivity index (χ0) is 18.3. The number of aryl methyl sites for hydroxylation is 1. The molecular weight excluding hydrogens is 347 g/mol. The van der Waals surface area contributed by atoms with Gasteiger partial charge in [0.05, 0.1) is 0 Å². The summed E-state index contributed by atoms with van der Waals surface area (Å²) in [7, 11) is 0. The molecule has 130 valence electrons. The van der Waals surface area contributed by atoms with Crippen molar-refractivity contribution < 1.29 is 44.3 Å². The quantitative estimate of drug-likeness (QED) is 0.816. The number of alkyl halides is 9. The Kier molecular flexibility index (Phi) is 4.61. The molecule has 1 heterocycles. The highest BCUT2D eigenvalue weighted by Gasteiger charge is 2.88.